The van der Waals surface area contributed by atoms with Gasteiger partial charge in [-0.2, -0.15) is 5.10 Å². The summed E-state index contributed by atoms with van der Waals surface area (Å²) in [6, 6.07) is 3.88. The molecular weight excluding hydrogens is 322 g/mol. The van der Waals surface area contributed by atoms with Crippen molar-refractivity contribution in [3.63, 3.8) is 0 Å². The maximum Gasteiger partial charge on any atom is 0.191 e. The molecule has 0 bridgehead atoms. The molecule has 0 aromatic carbocycles. The largest absolute Gasteiger partial charge is 0.383 e. The van der Waals surface area contributed by atoms with Gasteiger partial charge in [-0.25, -0.2) is 4.99 Å². The van der Waals surface area contributed by atoms with Crippen LogP contribution in [0.5, 0.6) is 0 Å². The second kappa shape index (κ2) is 8.84. The monoisotopic (exact) mass is 349 g/mol. The summed E-state index contributed by atoms with van der Waals surface area (Å²) in [6.07, 6.45) is 5.92. The minimum absolute atomic E-state index is 0.325. The highest BCUT2D eigenvalue weighted by atomic mass is 32.1. The van der Waals surface area contributed by atoms with Crippen LogP contribution in [0.3, 0.4) is 0 Å². The summed E-state index contributed by atoms with van der Waals surface area (Å²) in [6.45, 7) is 5.77. The van der Waals surface area contributed by atoms with E-state index < -0.39 is 5.60 Å². The minimum Gasteiger partial charge on any atom is -0.383 e. The molecule has 2 heterocycles. The molecule has 2 rings (SSSR count). The fraction of sp³-hybridized carbons (Fsp3) is 0.529. The number of guanidine groups is 1. The fourth-order valence-corrected chi connectivity index (χ4v) is 3.12. The lowest BCUT2D eigenvalue weighted by Gasteiger charge is -2.20. The highest BCUT2D eigenvalue weighted by Crippen LogP contribution is 2.25. The summed E-state index contributed by atoms with van der Waals surface area (Å²) >= 11 is 1.55. The van der Waals surface area contributed by atoms with E-state index in [1.54, 1.807) is 18.3 Å². The number of aliphatic imine (C=N–C) groups is 1. The Balaban J connectivity index is 1.82. The van der Waals surface area contributed by atoms with Crippen LogP contribution in [0, 0.1) is 0 Å². The maximum absolute atomic E-state index is 10.6. The third kappa shape index (κ3) is 5.65. The predicted molar refractivity (Wildman–Crippen MR) is 99.4 cm³/mol. The van der Waals surface area contributed by atoms with Gasteiger partial charge < -0.3 is 15.7 Å². The molecule has 0 spiro atoms. The Bertz CT molecular complexity index is 633. The molecule has 1 atom stereocenters. The van der Waals surface area contributed by atoms with Crippen molar-refractivity contribution in [1.29, 1.82) is 0 Å². The summed E-state index contributed by atoms with van der Waals surface area (Å²) in [4.78, 5) is 5.45. The van der Waals surface area contributed by atoms with Crippen LogP contribution in [0.15, 0.2) is 34.9 Å². The lowest BCUT2D eigenvalue weighted by molar-refractivity contribution is 0.0711. The van der Waals surface area contributed by atoms with Crippen LogP contribution in [0.25, 0.3) is 0 Å². The quantitative estimate of drug-likeness (QED) is 0.386. The van der Waals surface area contributed by atoms with Gasteiger partial charge in [0, 0.05) is 31.2 Å². The van der Waals surface area contributed by atoms with Crippen molar-refractivity contribution in [1.82, 2.24) is 20.4 Å². The molecule has 2 aromatic rings. The van der Waals surface area contributed by atoms with Gasteiger partial charge in [0.15, 0.2) is 5.96 Å². The minimum atomic E-state index is -0.938. The number of thiophene rings is 1. The van der Waals surface area contributed by atoms with Gasteiger partial charge in [0.1, 0.15) is 5.60 Å². The second-order valence-electron chi connectivity index (χ2n) is 6.00. The van der Waals surface area contributed by atoms with Gasteiger partial charge in [0.25, 0.3) is 0 Å². The topological polar surface area (TPSA) is 74.5 Å². The van der Waals surface area contributed by atoms with Gasteiger partial charge in [-0.1, -0.05) is 6.07 Å². The van der Waals surface area contributed by atoms with Crippen molar-refractivity contribution in [2.45, 2.75) is 32.3 Å². The smallest absolute Gasteiger partial charge is 0.191 e. The lowest BCUT2D eigenvalue weighted by Crippen LogP contribution is -2.39. The van der Waals surface area contributed by atoms with Crippen LogP contribution < -0.4 is 10.6 Å². The molecule has 0 radical (unpaired) electrons. The zero-order chi connectivity index (χ0) is 17.4. The van der Waals surface area contributed by atoms with Crippen LogP contribution >= 0.6 is 11.3 Å². The first-order valence-corrected chi connectivity index (χ1v) is 9.15. The summed E-state index contributed by atoms with van der Waals surface area (Å²) in [5, 5.41) is 23.2. The third-order valence-electron chi connectivity index (χ3n) is 3.63. The van der Waals surface area contributed by atoms with Crippen LogP contribution in [0.4, 0.5) is 0 Å². The Labute approximate surface area is 147 Å². The number of nitrogens with one attached hydrogen (secondary N) is 2. The van der Waals surface area contributed by atoms with Crippen molar-refractivity contribution in [3.05, 3.63) is 40.3 Å². The van der Waals surface area contributed by atoms with E-state index in [0.717, 1.165) is 36.8 Å². The molecule has 0 fully saturated rings. The van der Waals surface area contributed by atoms with Gasteiger partial charge in [0.05, 0.1) is 12.7 Å². The number of hydrogen-bond donors (Lipinski definition) is 3. The highest BCUT2D eigenvalue weighted by Gasteiger charge is 2.23. The number of aliphatic hydroxyl groups is 1. The summed E-state index contributed by atoms with van der Waals surface area (Å²) in [5.41, 5.74) is 0.300. The zero-order valence-electron chi connectivity index (χ0n) is 14.6. The van der Waals surface area contributed by atoms with Gasteiger partial charge in [0.2, 0.25) is 0 Å². The Morgan fingerprint density at radius 2 is 2.29 bits per heavy atom. The molecule has 0 aliphatic heterocycles. The maximum atomic E-state index is 10.6. The van der Waals surface area contributed by atoms with Crippen LogP contribution in [-0.4, -0.2) is 40.5 Å². The van der Waals surface area contributed by atoms with E-state index in [2.05, 4.69) is 20.7 Å². The average molecular weight is 350 g/mol. The molecule has 132 valence electrons. The second-order valence-corrected chi connectivity index (χ2v) is 6.95. The number of nitrogens with zero attached hydrogens (tertiary/aromatic N) is 3. The van der Waals surface area contributed by atoms with E-state index in [4.69, 9.17) is 0 Å². The molecule has 0 amide bonds. The Hall–Kier alpha value is -1.86. The number of aromatic nitrogens is 2. The van der Waals surface area contributed by atoms with Crippen molar-refractivity contribution < 1.29 is 5.11 Å². The molecule has 24 heavy (non-hydrogen) atoms. The molecule has 6 nitrogen and oxygen atoms in total. The van der Waals surface area contributed by atoms with Gasteiger partial charge in [-0.3, -0.25) is 4.68 Å². The van der Waals surface area contributed by atoms with Gasteiger partial charge in [-0.15, -0.1) is 11.3 Å². The van der Waals surface area contributed by atoms with E-state index in [1.807, 2.05) is 48.6 Å². The first-order chi connectivity index (χ1) is 11.5. The molecule has 1 unspecified atom stereocenters. The summed E-state index contributed by atoms with van der Waals surface area (Å²) < 4.78 is 1.82. The SMILES string of the molecule is CCNC(=NCC(C)(O)c1cccs1)NCCCc1cnn(C)c1. The lowest BCUT2D eigenvalue weighted by atomic mass is 10.1. The Morgan fingerprint density at radius 3 is 2.92 bits per heavy atom. The Morgan fingerprint density at radius 1 is 1.46 bits per heavy atom. The van der Waals surface area contributed by atoms with Gasteiger partial charge >= 0.3 is 0 Å². The van der Waals surface area contributed by atoms with E-state index in [0.29, 0.717) is 6.54 Å². The summed E-state index contributed by atoms with van der Waals surface area (Å²) in [5.74, 6) is 0.737. The predicted octanol–water partition coefficient (Wildman–Crippen LogP) is 1.88. The number of hydrogen-bond acceptors (Lipinski definition) is 4. The molecular formula is C17H27N5OS. The molecule has 7 heteroatoms. The van der Waals surface area contributed by atoms with E-state index in [-0.39, 0.29) is 0 Å². The Kier molecular flexibility index (Phi) is 6.81. The molecule has 0 saturated carbocycles. The van der Waals surface area contributed by atoms with Crippen LogP contribution in [-0.2, 0) is 19.1 Å². The highest BCUT2D eigenvalue weighted by molar-refractivity contribution is 7.10. The standard InChI is InChI=1S/C17H27N5OS/c1-4-18-16(19-9-5-7-14-11-21-22(3)12-14)20-13-17(2,23)15-8-6-10-24-15/h6,8,10-12,23H,4-5,7,9,13H2,1-3H3,(H2,18,19,20). The third-order valence-corrected chi connectivity index (χ3v) is 4.76. The van der Waals surface area contributed by atoms with Crippen molar-refractivity contribution in [3.8, 4) is 0 Å². The van der Waals surface area contributed by atoms with E-state index in [1.165, 1.54) is 5.56 Å². The molecule has 3 N–H and O–H groups in total. The summed E-state index contributed by atoms with van der Waals surface area (Å²) in [7, 11) is 1.93. The molecule has 0 saturated heterocycles. The van der Waals surface area contributed by atoms with E-state index >= 15 is 0 Å². The van der Waals surface area contributed by atoms with Crippen molar-refractivity contribution in [2.24, 2.45) is 12.0 Å². The molecule has 0 aliphatic rings. The van der Waals surface area contributed by atoms with Crippen LogP contribution in [0.2, 0.25) is 0 Å². The average Bonchev–Trinajstić information content (AvgIpc) is 3.21. The van der Waals surface area contributed by atoms with E-state index in [9.17, 15) is 5.11 Å². The fourth-order valence-electron chi connectivity index (χ4n) is 2.34. The van der Waals surface area contributed by atoms with Crippen molar-refractivity contribution >= 4 is 17.3 Å². The number of aryl methyl sites for hydroxylation is 2. The molecule has 2 aromatic heterocycles. The van der Waals surface area contributed by atoms with Crippen molar-refractivity contribution in [2.75, 3.05) is 19.6 Å². The first-order valence-electron chi connectivity index (χ1n) is 8.27. The van der Waals surface area contributed by atoms with Crippen LogP contribution in [0.1, 0.15) is 30.7 Å². The molecule has 0 aliphatic carbocycles. The first kappa shape index (κ1) is 18.5. The zero-order valence-corrected chi connectivity index (χ0v) is 15.4. The number of rotatable bonds is 8. The van der Waals surface area contributed by atoms with Gasteiger partial charge in [-0.05, 0) is 43.7 Å². The normalized spacial score (nSPS) is 14.4.